The van der Waals surface area contributed by atoms with Gasteiger partial charge in [0, 0.05) is 37.7 Å². The molecule has 0 aliphatic rings. The van der Waals surface area contributed by atoms with E-state index in [2.05, 4.69) is 10.2 Å². The van der Waals surface area contributed by atoms with E-state index < -0.39 is 32.3 Å². The van der Waals surface area contributed by atoms with Crippen LogP contribution in [0.3, 0.4) is 0 Å². The van der Waals surface area contributed by atoms with Gasteiger partial charge < -0.3 is 0 Å². The summed E-state index contributed by atoms with van der Waals surface area (Å²) in [4.78, 5) is 12.7. The summed E-state index contributed by atoms with van der Waals surface area (Å²) >= 11 is 0. The molecule has 0 N–H and O–H groups in total. The van der Waals surface area contributed by atoms with Gasteiger partial charge in [-0.05, 0) is 32.0 Å². The fourth-order valence-electron chi connectivity index (χ4n) is 3.40. The number of alkyl halides is 3. The molecule has 1 aromatic carbocycles. The smallest absolute Gasteiger partial charge is 0.288 e. The van der Waals surface area contributed by atoms with E-state index in [1.165, 1.54) is 4.68 Å². The second-order valence-corrected chi connectivity index (χ2v) is 9.03. The summed E-state index contributed by atoms with van der Waals surface area (Å²) in [5.74, 6) is -0.729. The van der Waals surface area contributed by atoms with E-state index in [1.807, 2.05) is 0 Å². The average molecular weight is 440 g/mol. The van der Waals surface area contributed by atoms with Crippen LogP contribution in [-0.4, -0.2) is 40.0 Å². The van der Waals surface area contributed by atoms with Gasteiger partial charge in [0.15, 0.2) is 15.6 Å². The first-order valence-corrected chi connectivity index (χ1v) is 10.6. The van der Waals surface area contributed by atoms with Crippen LogP contribution in [0.25, 0.3) is 11.3 Å². The molecule has 2 heterocycles. The molecule has 2 aromatic heterocycles. The number of aryl methyl sites for hydroxylation is 4. The lowest BCUT2D eigenvalue weighted by Gasteiger charge is -2.13. The molecule has 0 amide bonds. The van der Waals surface area contributed by atoms with Crippen molar-refractivity contribution in [2.24, 2.45) is 14.1 Å². The molecule has 0 atom stereocenters. The van der Waals surface area contributed by atoms with Gasteiger partial charge in [-0.3, -0.25) is 14.2 Å². The molecule has 0 bridgehead atoms. The van der Waals surface area contributed by atoms with Crippen molar-refractivity contribution in [2.75, 3.05) is 6.26 Å². The molecule has 0 aliphatic carbocycles. The molecular formula is C19H19F3N4O3S. The number of carbonyl (C=O) groups excluding carboxylic acids is 1. The molecule has 7 nitrogen and oxygen atoms in total. The molecule has 30 heavy (non-hydrogen) atoms. The highest BCUT2D eigenvalue weighted by Gasteiger charge is 2.34. The zero-order chi connectivity index (χ0) is 22.6. The molecule has 0 unspecified atom stereocenters. The Labute approximate surface area is 171 Å². The number of nitrogens with zero attached hydrogens (tertiary/aromatic N) is 4. The molecule has 0 spiro atoms. The monoisotopic (exact) mass is 440 g/mol. The quantitative estimate of drug-likeness (QED) is 0.582. The standard InChI is InChI=1S/C19H19F3N4O3S/c1-10-14(9-25(3)23-10)17-16(11(2)24-26(17)4)18(27)13-7-6-12(19(20,21)22)8-15(13)30(5,28)29/h6-9H,1-5H3. The number of hydrogen-bond donors (Lipinski definition) is 0. The Morgan fingerprint density at radius 2 is 1.70 bits per heavy atom. The van der Waals surface area contributed by atoms with Crippen LogP contribution in [0.4, 0.5) is 13.2 Å². The number of rotatable bonds is 4. The summed E-state index contributed by atoms with van der Waals surface area (Å²) in [6.07, 6.45) is -2.29. The van der Waals surface area contributed by atoms with Gasteiger partial charge >= 0.3 is 6.18 Å². The molecule has 0 saturated heterocycles. The van der Waals surface area contributed by atoms with Gasteiger partial charge in [0.25, 0.3) is 0 Å². The van der Waals surface area contributed by atoms with Crippen LogP contribution >= 0.6 is 0 Å². The van der Waals surface area contributed by atoms with Crippen molar-refractivity contribution < 1.29 is 26.4 Å². The summed E-state index contributed by atoms with van der Waals surface area (Å²) < 4.78 is 66.8. The molecule has 3 rings (SSSR count). The number of halogens is 3. The van der Waals surface area contributed by atoms with Crippen LogP contribution in [0.2, 0.25) is 0 Å². The van der Waals surface area contributed by atoms with Crippen LogP contribution in [0, 0.1) is 13.8 Å². The Kier molecular flexibility index (Phi) is 5.13. The lowest BCUT2D eigenvalue weighted by molar-refractivity contribution is -0.137. The molecule has 0 saturated carbocycles. The van der Waals surface area contributed by atoms with E-state index in [0.29, 0.717) is 34.8 Å². The van der Waals surface area contributed by atoms with Crippen molar-refractivity contribution in [3.63, 3.8) is 0 Å². The summed E-state index contributed by atoms with van der Waals surface area (Å²) in [5, 5.41) is 8.51. The van der Waals surface area contributed by atoms with E-state index in [-0.39, 0.29) is 11.1 Å². The molecule has 0 aliphatic heterocycles. The third kappa shape index (κ3) is 3.76. The zero-order valence-electron chi connectivity index (χ0n) is 16.9. The van der Waals surface area contributed by atoms with Crippen LogP contribution < -0.4 is 0 Å². The number of sulfone groups is 1. The number of ketones is 1. The summed E-state index contributed by atoms with van der Waals surface area (Å²) in [7, 11) is -0.793. The Balaban J connectivity index is 2.28. The van der Waals surface area contributed by atoms with Gasteiger partial charge in [-0.1, -0.05) is 0 Å². The van der Waals surface area contributed by atoms with E-state index in [0.717, 1.165) is 12.3 Å². The van der Waals surface area contributed by atoms with Crippen LogP contribution in [0.5, 0.6) is 0 Å². The largest absolute Gasteiger partial charge is 0.416 e. The maximum Gasteiger partial charge on any atom is 0.416 e. The lowest BCUT2D eigenvalue weighted by Crippen LogP contribution is -2.14. The summed E-state index contributed by atoms with van der Waals surface area (Å²) in [6, 6.07) is 2.08. The minimum Gasteiger partial charge on any atom is -0.288 e. The Bertz CT molecular complexity index is 1270. The fourth-order valence-corrected chi connectivity index (χ4v) is 4.30. The fraction of sp³-hybridized carbons (Fsp3) is 0.316. The zero-order valence-corrected chi connectivity index (χ0v) is 17.7. The number of benzene rings is 1. The SMILES string of the molecule is Cc1nn(C)cc1-c1c(C(=O)c2ccc(C(F)(F)F)cc2S(C)(=O)=O)c(C)nn1C. The third-order valence-corrected chi connectivity index (χ3v) is 5.81. The van der Waals surface area contributed by atoms with E-state index >= 15 is 0 Å². The number of aromatic nitrogens is 4. The molecule has 0 radical (unpaired) electrons. The van der Waals surface area contributed by atoms with E-state index in [9.17, 15) is 26.4 Å². The van der Waals surface area contributed by atoms with Crippen LogP contribution in [0.1, 0.15) is 32.9 Å². The summed E-state index contributed by atoms with van der Waals surface area (Å²) in [6.45, 7) is 3.32. The van der Waals surface area contributed by atoms with Crippen molar-refractivity contribution in [3.8, 4) is 11.3 Å². The number of carbonyl (C=O) groups is 1. The maximum absolute atomic E-state index is 13.4. The topological polar surface area (TPSA) is 86.8 Å². The Hall–Kier alpha value is -2.95. The van der Waals surface area contributed by atoms with E-state index in [1.54, 1.807) is 38.8 Å². The second-order valence-electron chi connectivity index (χ2n) is 7.04. The van der Waals surface area contributed by atoms with E-state index in [4.69, 9.17) is 0 Å². The van der Waals surface area contributed by atoms with Crippen molar-refractivity contribution in [2.45, 2.75) is 24.9 Å². The van der Waals surface area contributed by atoms with Crippen molar-refractivity contribution in [1.29, 1.82) is 0 Å². The Morgan fingerprint density at radius 1 is 1.07 bits per heavy atom. The minimum absolute atomic E-state index is 0.109. The first kappa shape index (κ1) is 21.8. The second kappa shape index (κ2) is 7.08. The average Bonchev–Trinajstić information content (AvgIpc) is 3.09. The van der Waals surface area contributed by atoms with Gasteiger partial charge in [-0.25, -0.2) is 8.42 Å². The highest BCUT2D eigenvalue weighted by molar-refractivity contribution is 7.90. The molecule has 160 valence electrons. The van der Waals surface area contributed by atoms with Gasteiger partial charge in [-0.2, -0.15) is 23.4 Å². The normalized spacial score (nSPS) is 12.4. The molecule has 3 aromatic rings. The first-order chi connectivity index (χ1) is 13.7. The van der Waals surface area contributed by atoms with Crippen molar-refractivity contribution >= 4 is 15.6 Å². The van der Waals surface area contributed by atoms with Gasteiger partial charge in [-0.15, -0.1) is 0 Å². The Morgan fingerprint density at radius 3 is 2.20 bits per heavy atom. The van der Waals surface area contributed by atoms with Gasteiger partial charge in [0.05, 0.1) is 33.1 Å². The highest BCUT2D eigenvalue weighted by Crippen LogP contribution is 2.35. The van der Waals surface area contributed by atoms with Crippen molar-refractivity contribution in [3.05, 3.63) is 52.5 Å². The predicted octanol–water partition coefficient (Wildman–Crippen LogP) is 3.09. The number of hydrogen-bond acceptors (Lipinski definition) is 5. The summed E-state index contributed by atoms with van der Waals surface area (Å²) in [5.41, 5.74) is 0.568. The van der Waals surface area contributed by atoms with Gasteiger partial charge in [0.2, 0.25) is 0 Å². The first-order valence-electron chi connectivity index (χ1n) is 8.72. The maximum atomic E-state index is 13.4. The predicted molar refractivity (Wildman–Crippen MR) is 103 cm³/mol. The molecule has 0 fully saturated rings. The highest BCUT2D eigenvalue weighted by atomic mass is 32.2. The minimum atomic E-state index is -4.75. The van der Waals surface area contributed by atoms with Crippen LogP contribution in [0.15, 0.2) is 29.3 Å². The van der Waals surface area contributed by atoms with Gasteiger partial charge in [0.1, 0.15) is 0 Å². The van der Waals surface area contributed by atoms with Crippen molar-refractivity contribution in [1.82, 2.24) is 19.6 Å². The third-order valence-electron chi connectivity index (χ3n) is 4.67. The van der Waals surface area contributed by atoms with Crippen LogP contribution in [-0.2, 0) is 30.1 Å². The lowest BCUT2D eigenvalue weighted by atomic mass is 9.97. The molecule has 11 heteroatoms. The molecular weight excluding hydrogens is 421 g/mol.